The van der Waals surface area contributed by atoms with Gasteiger partial charge in [0.15, 0.2) is 0 Å². The van der Waals surface area contributed by atoms with Crippen LogP contribution < -0.4 is 4.74 Å². The van der Waals surface area contributed by atoms with Crippen molar-refractivity contribution in [3.05, 3.63) is 59.7 Å². The molecule has 0 radical (unpaired) electrons. The average Bonchev–Trinajstić information content (AvgIpc) is 3.74. The van der Waals surface area contributed by atoms with Crippen molar-refractivity contribution in [2.75, 3.05) is 0 Å². The third-order valence-electron chi connectivity index (χ3n) is 8.72. The molecule has 2 saturated heterocycles. The van der Waals surface area contributed by atoms with E-state index in [1.165, 1.54) is 62.5 Å². The van der Waals surface area contributed by atoms with Gasteiger partial charge in [-0.25, -0.2) is 0 Å². The summed E-state index contributed by atoms with van der Waals surface area (Å²) in [6.45, 7) is 4.74. The second-order valence-corrected chi connectivity index (χ2v) is 11.2. The minimum absolute atomic E-state index is 0.486. The Balaban J connectivity index is 1.15. The van der Waals surface area contributed by atoms with Crippen LogP contribution in [0, 0.1) is 11.8 Å². The smallest absolute Gasteiger partial charge is 0.130 e. The molecule has 0 N–H and O–H groups in total. The van der Waals surface area contributed by atoms with E-state index in [-0.39, 0.29) is 0 Å². The van der Waals surface area contributed by atoms with Crippen molar-refractivity contribution in [1.29, 1.82) is 0 Å². The van der Waals surface area contributed by atoms with Gasteiger partial charge in [0, 0.05) is 0 Å². The fourth-order valence-corrected chi connectivity index (χ4v) is 6.74. The zero-order valence-electron chi connectivity index (χ0n) is 20.1. The third-order valence-corrected chi connectivity index (χ3v) is 8.72. The van der Waals surface area contributed by atoms with Gasteiger partial charge in [0.05, 0.1) is 24.4 Å². The highest BCUT2D eigenvalue weighted by Crippen LogP contribution is 2.46. The third kappa shape index (κ3) is 4.86. The Kier molecular flexibility index (Phi) is 5.96. The minimum atomic E-state index is 0.486. The number of rotatable bonds is 8. The number of hydrogen-bond donors (Lipinski definition) is 0. The number of fused-ring (bicyclic) bond motifs is 2. The molecule has 0 amide bonds. The predicted octanol–water partition coefficient (Wildman–Crippen LogP) is 7.60. The molecule has 6 rings (SSSR count). The summed E-state index contributed by atoms with van der Waals surface area (Å²) < 4.78 is 18.2. The maximum absolute atomic E-state index is 6.67. The minimum Gasteiger partial charge on any atom is -0.457 e. The fraction of sp³-hybridized carbons (Fsp3) is 0.600. The van der Waals surface area contributed by atoms with Crippen LogP contribution >= 0.6 is 0 Å². The molecule has 0 spiro atoms. The zero-order valence-corrected chi connectivity index (χ0v) is 20.1. The maximum Gasteiger partial charge on any atom is 0.130 e. The first-order chi connectivity index (χ1) is 16.1. The average molecular weight is 447 g/mol. The van der Waals surface area contributed by atoms with E-state index in [0.29, 0.717) is 36.3 Å². The van der Waals surface area contributed by atoms with Gasteiger partial charge >= 0.3 is 0 Å². The lowest BCUT2D eigenvalue weighted by Crippen LogP contribution is -2.16. The number of hydrogen-bond acceptors (Lipinski definition) is 3. The molecule has 2 saturated carbocycles. The molecular weight excluding hydrogens is 408 g/mol. The summed E-state index contributed by atoms with van der Waals surface area (Å²) in [6.07, 6.45) is 12.3. The van der Waals surface area contributed by atoms with Gasteiger partial charge in [-0.3, -0.25) is 0 Å². The molecule has 2 aliphatic heterocycles. The second-order valence-electron chi connectivity index (χ2n) is 11.2. The number of para-hydroxylation sites is 2. The van der Waals surface area contributed by atoms with Crippen LogP contribution in [-0.4, -0.2) is 24.4 Å². The van der Waals surface area contributed by atoms with E-state index in [2.05, 4.69) is 62.4 Å². The fourth-order valence-electron chi connectivity index (χ4n) is 6.74. The monoisotopic (exact) mass is 446 g/mol. The highest BCUT2D eigenvalue weighted by Gasteiger charge is 2.44. The van der Waals surface area contributed by atoms with Crippen molar-refractivity contribution in [1.82, 2.24) is 0 Å². The zero-order chi connectivity index (χ0) is 22.4. The van der Waals surface area contributed by atoms with Crippen molar-refractivity contribution < 1.29 is 14.2 Å². The van der Waals surface area contributed by atoms with Crippen molar-refractivity contribution in [3.63, 3.8) is 0 Å². The lowest BCUT2D eigenvalue weighted by atomic mass is 9.81. The molecule has 3 nitrogen and oxygen atoms in total. The molecule has 8 unspecified atom stereocenters. The lowest BCUT2D eigenvalue weighted by molar-refractivity contribution is 0.334. The van der Waals surface area contributed by atoms with Gasteiger partial charge in [-0.1, -0.05) is 50.2 Å². The number of epoxide rings is 2. The van der Waals surface area contributed by atoms with E-state index in [1.54, 1.807) is 0 Å². The van der Waals surface area contributed by atoms with Gasteiger partial charge in [0.1, 0.15) is 11.5 Å². The molecule has 0 bridgehead atoms. The summed E-state index contributed by atoms with van der Waals surface area (Å²) in [5, 5.41) is 0. The van der Waals surface area contributed by atoms with Crippen LogP contribution in [0.1, 0.15) is 88.2 Å². The molecule has 2 heterocycles. The topological polar surface area (TPSA) is 34.3 Å². The Morgan fingerprint density at radius 1 is 0.667 bits per heavy atom. The predicted molar refractivity (Wildman–Crippen MR) is 131 cm³/mol. The van der Waals surface area contributed by atoms with Crippen LogP contribution in [0.15, 0.2) is 48.5 Å². The number of benzene rings is 2. The Morgan fingerprint density at radius 2 is 1.12 bits per heavy atom. The summed E-state index contributed by atoms with van der Waals surface area (Å²) in [6, 6.07) is 17.4. The highest BCUT2D eigenvalue weighted by atomic mass is 16.6. The van der Waals surface area contributed by atoms with Crippen LogP contribution in [0.25, 0.3) is 0 Å². The van der Waals surface area contributed by atoms with E-state index >= 15 is 0 Å². The standard InChI is InChI=1S/C30H38O3/c1-19(15-21-11-13-27-29(17-21)32-27)23-7-3-5-9-25(23)31-26-10-6-4-8-24(26)20(2)16-22-12-14-28-30(18-22)33-28/h3-10,19-22,27-30H,11-18H2,1-2H3. The van der Waals surface area contributed by atoms with Crippen molar-refractivity contribution in [2.45, 2.75) is 101 Å². The van der Waals surface area contributed by atoms with Crippen LogP contribution in [0.5, 0.6) is 11.5 Å². The van der Waals surface area contributed by atoms with E-state index in [1.807, 2.05) is 0 Å². The molecule has 2 aromatic carbocycles. The van der Waals surface area contributed by atoms with Crippen LogP contribution in [-0.2, 0) is 9.47 Å². The summed E-state index contributed by atoms with van der Waals surface area (Å²) in [5.74, 6) is 4.56. The normalized spacial score (nSPS) is 34.0. The van der Waals surface area contributed by atoms with Gasteiger partial charge in [0.25, 0.3) is 0 Å². The van der Waals surface area contributed by atoms with Gasteiger partial charge in [-0.05, 0) is 98.3 Å². The summed E-state index contributed by atoms with van der Waals surface area (Å²) in [7, 11) is 0. The van der Waals surface area contributed by atoms with Crippen LogP contribution in [0.4, 0.5) is 0 Å². The summed E-state index contributed by atoms with van der Waals surface area (Å²) in [5.41, 5.74) is 2.67. The first-order valence-corrected chi connectivity index (χ1v) is 13.3. The molecule has 8 atom stereocenters. The first-order valence-electron chi connectivity index (χ1n) is 13.3. The Bertz CT molecular complexity index is 893. The first kappa shape index (κ1) is 21.7. The quantitative estimate of drug-likeness (QED) is 0.392. The lowest BCUT2D eigenvalue weighted by Gasteiger charge is -2.26. The van der Waals surface area contributed by atoms with Crippen molar-refractivity contribution in [2.24, 2.45) is 11.8 Å². The second kappa shape index (κ2) is 9.07. The molecule has 2 aliphatic carbocycles. The van der Waals surface area contributed by atoms with Crippen LogP contribution in [0.2, 0.25) is 0 Å². The van der Waals surface area contributed by atoms with Gasteiger partial charge < -0.3 is 14.2 Å². The SMILES string of the molecule is CC(CC1CCC2OC2C1)c1ccccc1Oc1ccccc1C(C)CC1CCC2OC2C1. The Labute approximate surface area is 198 Å². The van der Waals surface area contributed by atoms with E-state index in [9.17, 15) is 0 Å². The molecule has 3 heteroatoms. The Morgan fingerprint density at radius 3 is 1.58 bits per heavy atom. The molecule has 2 aromatic rings. The van der Waals surface area contributed by atoms with Crippen molar-refractivity contribution in [3.8, 4) is 11.5 Å². The van der Waals surface area contributed by atoms with Gasteiger partial charge in [0.2, 0.25) is 0 Å². The van der Waals surface area contributed by atoms with E-state index in [4.69, 9.17) is 14.2 Å². The highest BCUT2D eigenvalue weighted by molar-refractivity contribution is 5.43. The molecular formula is C30H38O3. The summed E-state index contributed by atoms with van der Waals surface area (Å²) >= 11 is 0. The molecule has 4 fully saturated rings. The van der Waals surface area contributed by atoms with Gasteiger partial charge in [-0.2, -0.15) is 0 Å². The van der Waals surface area contributed by atoms with Gasteiger partial charge in [-0.15, -0.1) is 0 Å². The number of ether oxygens (including phenoxy) is 3. The van der Waals surface area contributed by atoms with E-state index in [0.717, 1.165) is 23.3 Å². The molecule has 0 aromatic heterocycles. The molecule has 4 aliphatic rings. The van der Waals surface area contributed by atoms with E-state index < -0.39 is 0 Å². The molecule has 176 valence electrons. The van der Waals surface area contributed by atoms with Crippen molar-refractivity contribution >= 4 is 0 Å². The Hall–Kier alpha value is -1.84. The largest absolute Gasteiger partial charge is 0.457 e. The summed E-state index contributed by atoms with van der Waals surface area (Å²) in [4.78, 5) is 0. The maximum atomic E-state index is 6.67. The molecule has 33 heavy (non-hydrogen) atoms. The van der Waals surface area contributed by atoms with Crippen LogP contribution in [0.3, 0.4) is 0 Å².